The van der Waals surface area contributed by atoms with Crippen molar-refractivity contribution in [1.82, 2.24) is 10.2 Å². The Hall–Kier alpha value is -1.52. The van der Waals surface area contributed by atoms with Crippen LogP contribution in [0.5, 0.6) is 0 Å². The predicted octanol–water partition coefficient (Wildman–Crippen LogP) is 4.58. The SMILES string of the molecule is C=C(/C(F)=C\C(Cl)=C/C)c1ccc(CCC[C@@H](O)CC)nn1. The molecule has 1 atom stereocenters. The van der Waals surface area contributed by atoms with E-state index < -0.39 is 5.83 Å². The number of halogens is 2. The summed E-state index contributed by atoms with van der Waals surface area (Å²) in [6, 6.07) is 3.49. The zero-order valence-electron chi connectivity index (χ0n) is 13.0. The molecule has 1 heterocycles. The van der Waals surface area contributed by atoms with Crippen LogP contribution in [0.4, 0.5) is 4.39 Å². The Morgan fingerprint density at radius 3 is 2.73 bits per heavy atom. The van der Waals surface area contributed by atoms with Gasteiger partial charge in [0.15, 0.2) is 0 Å². The smallest absolute Gasteiger partial charge is 0.133 e. The van der Waals surface area contributed by atoms with Crippen molar-refractivity contribution >= 4 is 17.2 Å². The molecule has 0 bridgehead atoms. The van der Waals surface area contributed by atoms with E-state index in [-0.39, 0.29) is 11.7 Å². The van der Waals surface area contributed by atoms with E-state index in [0.717, 1.165) is 31.4 Å². The van der Waals surface area contributed by atoms with Gasteiger partial charge < -0.3 is 5.11 Å². The summed E-state index contributed by atoms with van der Waals surface area (Å²) in [6.45, 7) is 7.35. The molecule has 0 aliphatic carbocycles. The normalized spacial score (nSPS) is 14.0. The first-order valence-electron chi connectivity index (χ1n) is 7.37. The predicted molar refractivity (Wildman–Crippen MR) is 89.1 cm³/mol. The van der Waals surface area contributed by atoms with E-state index in [2.05, 4.69) is 16.8 Å². The second kappa shape index (κ2) is 9.49. The van der Waals surface area contributed by atoms with Crippen LogP contribution in [0.1, 0.15) is 44.5 Å². The van der Waals surface area contributed by atoms with E-state index in [9.17, 15) is 9.50 Å². The summed E-state index contributed by atoms with van der Waals surface area (Å²) in [5.41, 5.74) is 1.35. The Morgan fingerprint density at radius 1 is 1.45 bits per heavy atom. The Morgan fingerprint density at radius 2 is 2.18 bits per heavy atom. The molecule has 0 saturated carbocycles. The number of allylic oxidation sites excluding steroid dienone is 5. The summed E-state index contributed by atoms with van der Waals surface area (Å²) < 4.78 is 13.9. The molecule has 0 radical (unpaired) electrons. The highest BCUT2D eigenvalue weighted by molar-refractivity contribution is 6.31. The average molecular weight is 325 g/mol. The van der Waals surface area contributed by atoms with Gasteiger partial charge in [0, 0.05) is 10.6 Å². The van der Waals surface area contributed by atoms with Gasteiger partial charge in [0.05, 0.1) is 17.5 Å². The molecule has 0 fully saturated rings. The molecule has 1 aromatic rings. The van der Waals surface area contributed by atoms with Crippen LogP contribution in [0.15, 0.2) is 41.7 Å². The minimum absolute atomic E-state index is 0.153. The molecular formula is C17H22ClFN2O. The van der Waals surface area contributed by atoms with Crippen LogP contribution in [0.2, 0.25) is 0 Å². The molecule has 1 aromatic heterocycles. The van der Waals surface area contributed by atoms with E-state index in [1.54, 1.807) is 25.1 Å². The zero-order chi connectivity index (χ0) is 16.5. The number of aliphatic hydroxyl groups is 1. The fourth-order valence-corrected chi connectivity index (χ4v) is 1.89. The minimum atomic E-state index is -0.531. The highest BCUT2D eigenvalue weighted by atomic mass is 35.5. The first-order chi connectivity index (χ1) is 10.5. The second-order valence-electron chi connectivity index (χ2n) is 5.01. The van der Waals surface area contributed by atoms with Crippen LogP contribution >= 0.6 is 11.6 Å². The Bertz CT molecular complexity index is 552. The fraction of sp³-hybridized carbons (Fsp3) is 0.412. The molecule has 1 rings (SSSR count). The van der Waals surface area contributed by atoms with E-state index in [0.29, 0.717) is 10.7 Å². The highest BCUT2D eigenvalue weighted by Gasteiger charge is 2.08. The van der Waals surface area contributed by atoms with E-state index >= 15 is 0 Å². The van der Waals surface area contributed by atoms with E-state index in [1.165, 1.54) is 6.08 Å². The number of aryl methyl sites for hydroxylation is 1. The number of hydrogen-bond acceptors (Lipinski definition) is 3. The molecule has 0 amide bonds. The molecule has 0 aliphatic heterocycles. The van der Waals surface area contributed by atoms with Crippen molar-refractivity contribution in [3.05, 3.63) is 53.1 Å². The van der Waals surface area contributed by atoms with Gasteiger partial charge in [0.1, 0.15) is 5.83 Å². The molecule has 0 aromatic carbocycles. The van der Waals surface area contributed by atoms with Gasteiger partial charge in [-0.15, -0.1) is 0 Å². The largest absolute Gasteiger partial charge is 0.393 e. The van der Waals surface area contributed by atoms with Crippen molar-refractivity contribution in [3.63, 3.8) is 0 Å². The maximum absolute atomic E-state index is 13.9. The Labute approximate surface area is 136 Å². The molecule has 120 valence electrons. The lowest BCUT2D eigenvalue weighted by molar-refractivity contribution is 0.157. The number of nitrogens with zero attached hydrogens (tertiary/aromatic N) is 2. The van der Waals surface area contributed by atoms with E-state index in [1.807, 2.05) is 6.92 Å². The summed E-state index contributed by atoms with van der Waals surface area (Å²) >= 11 is 5.76. The number of rotatable bonds is 8. The Balaban J connectivity index is 2.64. The van der Waals surface area contributed by atoms with Crippen LogP contribution in [0, 0.1) is 0 Å². The standard InChI is InChI=1S/C17H22ClFN2O/c1-4-13(18)11-16(19)12(3)17-10-9-14(20-21-17)7-6-8-15(22)5-2/h4,9-11,15,22H,3,5-8H2,1-2H3/b13-4+,16-11+/t15-/m0/s1. The maximum atomic E-state index is 13.9. The van der Waals surface area contributed by atoms with Crippen LogP contribution in [0.25, 0.3) is 5.57 Å². The number of aliphatic hydroxyl groups excluding tert-OH is 1. The molecule has 5 heteroatoms. The molecule has 0 saturated heterocycles. The first-order valence-corrected chi connectivity index (χ1v) is 7.75. The van der Waals surface area contributed by atoms with Crippen molar-refractivity contribution in [3.8, 4) is 0 Å². The van der Waals surface area contributed by atoms with Gasteiger partial charge in [-0.1, -0.05) is 31.2 Å². The summed E-state index contributed by atoms with van der Waals surface area (Å²) in [5, 5.41) is 17.9. The zero-order valence-corrected chi connectivity index (χ0v) is 13.8. The molecule has 0 spiro atoms. The minimum Gasteiger partial charge on any atom is -0.393 e. The summed E-state index contributed by atoms with van der Waals surface area (Å²) in [7, 11) is 0. The van der Waals surface area contributed by atoms with Crippen LogP contribution in [-0.4, -0.2) is 21.4 Å². The third-order valence-electron chi connectivity index (χ3n) is 3.30. The third-order valence-corrected chi connectivity index (χ3v) is 3.63. The summed E-state index contributed by atoms with van der Waals surface area (Å²) in [6.07, 6.45) is 5.60. The number of hydrogen-bond donors (Lipinski definition) is 1. The molecular weight excluding hydrogens is 303 g/mol. The lowest BCUT2D eigenvalue weighted by Gasteiger charge is -2.07. The van der Waals surface area contributed by atoms with Gasteiger partial charge in [-0.3, -0.25) is 0 Å². The summed E-state index contributed by atoms with van der Waals surface area (Å²) in [4.78, 5) is 0. The highest BCUT2D eigenvalue weighted by Crippen LogP contribution is 2.22. The van der Waals surface area contributed by atoms with Crippen molar-refractivity contribution in [2.24, 2.45) is 0 Å². The first kappa shape index (κ1) is 18.5. The van der Waals surface area contributed by atoms with Gasteiger partial charge in [-0.25, -0.2) is 4.39 Å². The third kappa shape index (κ3) is 6.08. The topological polar surface area (TPSA) is 46.0 Å². The fourth-order valence-electron chi connectivity index (χ4n) is 1.79. The van der Waals surface area contributed by atoms with Gasteiger partial charge in [-0.2, -0.15) is 10.2 Å². The molecule has 3 nitrogen and oxygen atoms in total. The van der Waals surface area contributed by atoms with Crippen LogP contribution in [0.3, 0.4) is 0 Å². The van der Waals surface area contributed by atoms with Crippen molar-refractivity contribution < 1.29 is 9.50 Å². The molecule has 0 unspecified atom stereocenters. The monoisotopic (exact) mass is 324 g/mol. The van der Waals surface area contributed by atoms with Gasteiger partial charge in [-0.05, 0) is 50.8 Å². The second-order valence-corrected chi connectivity index (χ2v) is 5.45. The average Bonchev–Trinajstić information content (AvgIpc) is 2.54. The van der Waals surface area contributed by atoms with Crippen molar-refractivity contribution in [2.75, 3.05) is 0 Å². The van der Waals surface area contributed by atoms with Crippen molar-refractivity contribution in [2.45, 2.75) is 45.6 Å². The molecule has 0 aliphatic rings. The quantitative estimate of drug-likeness (QED) is 0.712. The van der Waals surface area contributed by atoms with Gasteiger partial charge in [0.25, 0.3) is 0 Å². The Kier molecular flexibility index (Phi) is 7.99. The lowest BCUT2D eigenvalue weighted by atomic mass is 10.1. The molecule has 1 N–H and O–H groups in total. The lowest BCUT2D eigenvalue weighted by Crippen LogP contribution is -2.05. The van der Waals surface area contributed by atoms with Crippen molar-refractivity contribution in [1.29, 1.82) is 0 Å². The van der Waals surface area contributed by atoms with Crippen LogP contribution in [-0.2, 0) is 6.42 Å². The van der Waals surface area contributed by atoms with Crippen LogP contribution < -0.4 is 0 Å². The van der Waals surface area contributed by atoms with Gasteiger partial charge in [0.2, 0.25) is 0 Å². The van der Waals surface area contributed by atoms with Gasteiger partial charge >= 0.3 is 0 Å². The summed E-state index contributed by atoms with van der Waals surface area (Å²) in [5.74, 6) is -0.531. The maximum Gasteiger partial charge on any atom is 0.133 e. The van der Waals surface area contributed by atoms with E-state index in [4.69, 9.17) is 11.6 Å². The molecule has 22 heavy (non-hydrogen) atoms. The number of aromatic nitrogens is 2.